The van der Waals surface area contributed by atoms with E-state index < -0.39 is 0 Å². The van der Waals surface area contributed by atoms with Crippen LogP contribution in [0.15, 0.2) is 42.5 Å². The van der Waals surface area contributed by atoms with E-state index in [-0.39, 0.29) is 5.91 Å². The molecule has 2 aromatic carbocycles. The van der Waals surface area contributed by atoms with Crippen molar-refractivity contribution >= 4 is 28.9 Å². The average molecular weight is 331 g/mol. The molecule has 0 saturated carbocycles. The fourth-order valence-electron chi connectivity index (χ4n) is 2.84. The predicted molar refractivity (Wildman–Crippen MR) is 93.6 cm³/mol. The molecule has 1 N–H and O–H groups in total. The number of benzene rings is 2. The van der Waals surface area contributed by atoms with Crippen molar-refractivity contribution < 1.29 is 9.53 Å². The lowest BCUT2D eigenvalue weighted by molar-refractivity contribution is -0.116. The largest absolute Gasteiger partial charge is 0.495 e. The van der Waals surface area contributed by atoms with Crippen LogP contribution in [0.5, 0.6) is 5.75 Å². The van der Waals surface area contributed by atoms with Crippen LogP contribution in [0.3, 0.4) is 0 Å². The molecular formula is C18H19ClN2O2. The highest BCUT2D eigenvalue weighted by molar-refractivity contribution is 6.32. The smallest absolute Gasteiger partial charge is 0.226 e. The number of hydrogen-bond donors (Lipinski definition) is 1. The first-order chi connectivity index (χ1) is 11.2. The minimum atomic E-state index is -0.0179. The molecule has 5 heteroatoms. The normalized spacial score (nSPS) is 12.9. The van der Waals surface area contributed by atoms with Gasteiger partial charge in [0.15, 0.2) is 0 Å². The molecule has 0 fully saturated rings. The molecule has 0 saturated heterocycles. The van der Waals surface area contributed by atoms with Gasteiger partial charge >= 0.3 is 0 Å². The third kappa shape index (κ3) is 3.59. The number of anilines is 2. The number of methoxy groups -OCH3 is 1. The summed E-state index contributed by atoms with van der Waals surface area (Å²) in [4.78, 5) is 14.4. The molecule has 1 aliphatic heterocycles. The zero-order chi connectivity index (χ0) is 16.2. The van der Waals surface area contributed by atoms with Crippen LogP contribution in [0, 0.1) is 0 Å². The lowest BCUT2D eigenvalue weighted by atomic mass is 10.2. The molecule has 0 aromatic heterocycles. The summed E-state index contributed by atoms with van der Waals surface area (Å²) in [6, 6.07) is 13.6. The molecule has 1 heterocycles. The van der Waals surface area contributed by atoms with E-state index in [9.17, 15) is 4.79 Å². The molecule has 0 aliphatic carbocycles. The van der Waals surface area contributed by atoms with E-state index in [0.717, 1.165) is 13.0 Å². The fourth-order valence-corrected chi connectivity index (χ4v) is 3.10. The zero-order valence-electron chi connectivity index (χ0n) is 13.0. The van der Waals surface area contributed by atoms with E-state index in [1.165, 1.54) is 11.3 Å². The number of nitrogens with zero attached hydrogens (tertiary/aromatic N) is 1. The second kappa shape index (κ2) is 6.92. The van der Waals surface area contributed by atoms with Crippen molar-refractivity contribution in [2.45, 2.75) is 12.8 Å². The Kier molecular flexibility index (Phi) is 4.72. The monoisotopic (exact) mass is 330 g/mol. The van der Waals surface area contributed by atoms with Crippen LogP contribution in [-0.2, 0) is 11.2 Å². The Labute approximate surface area is 141 Å². The molecular weight excluding hydrogens is 312 g/mol. The molecule has 0 radical (unpaired) electrons. The van der Waals surface area contributed by atoms with E-state index in [1.54, 1.807) is 25.3 Å². The topological polar surface area (TPSA) is 41.6 Å². The second-order valence-electron chi connectivity index (χ2n) is 5.51. The van der Waals surface area contributed by atoms with E-state index in [2.05, 4.69) is 28.4 Å². The number of hydrogen-bond acceptors (Lipinski definition) is 3. The van der Waals surface area contributed by atoms with Crippen LogP contribution in [0.1, 0.15) is 12.0 Å². The number of carbonyl (C=O) groups excluding carboxylic acids is 1. The minimum absolute atomic E-state index is 0.0179. The van der Waals surface area contributed by atoms with Crippen molar-refractivity contribution in [2.24, 2.45) is 0 Å². The maximum absolute atomic E-state index is 12.1. The first-order valence-corrected chi connectivity index (χ1v) is 8.01. The molecule has 0 atom stereocenters. The molecule has 0 spiro atoms. The summed E-state index contributed by atoms with van der Waals surface area (Å²) in [5.41, 5.74) is 3.28. The summed E-state index contributed by atoms with van der Waals surface area (Å²) in [6.45, 7) is 1.69. The first-order valence-electron chi connectivity index (χ1n) is 7.63. The lowest BCUT2D eigenvalue weighted by Gasteiger charge is -2.19. The number of halogens is 1. The van der Waals surface area contributed by atoms with Gasteiger partial charge in [-0.15, -0.1) is 0 Å². The highest BCUT2D eigenvalue weighted by Crippen LogP contribution is 2.28. The molecule has 120 valence electrons. The molecule has 1 amide bonds. The van der Waals surface area contributed by atoms with Gasteiger partial charge in [-0.1, -0.05) is 29.8 Å². The van der Waals surface area contributed by atoms with Crippen molar-refractivity contribution in [3.8, 4) is 5.75 Å². The molecule has 4 nitrogen and oxygen atoms in total. The van der Waals surface area contributed by atoms with Gasteiger partial charge in [-0.05, 0) is 36.2 Å². The van der Waals surface area contributed by atoms with Crippen molar-refractivity contribution in [1.29, 1.82) is 0 Å². The summed E-state index contributed by atoms with van der Waals surface area (Å²) in [6.07, 6.45) is 1.49. The number of amides is 1. The van der Waals surface area contributed by atoms with Gasteiger partial charge in [-0.3, -0.25) is 4.79 Å². The fraction of sp³-hybridized carbons (Fsp3) is 0.278. The summed E-state index contributed by atoms with van der Waals surface area (Å²) < 4.78 is 5.10. The maximum Gasteiger partial charge on any atom is 0.226 e. The molecule has 1 aliphatic rings. The highest BCUT2D eigenvalue weighted by atomic mass is 35.5. The second-order valence-corrected chi connectivity index (χ2v) is 5.92. The van der Waals surface area contributed by atoms with Crippen LogP contribution in [0.25, 0.3) is 0 Å². The minimum Gasteiger partial charge on any atom is -0.495 e. The van der Waals surface area contributed by atoms with Gasteiger partial charge in [0.05, 0.1) is 12.1 Å². The van der Waals surface area contributed by atoms with Crippen molar-refractivity contribution in [1.82, 2.24) is 0 Å². The van der Waals surface area contributed by atoms with Crippen LogP contribution in [0.2, 0.25) is 5.02 Å². The van der Waals surface area contributed by atoms with E-state index in [0.29, 0.717) is 29.4 Å². The number of fused-ring (bicyclic) bond motifs is 1. The summed E-state index contributed by atoms with van der Waals surface area (Å²) in [7, 11) is 1.56. The first kappa shape index (κ1) is 15.7. The Bertz CT molecular complexity index is 718. The SMILES string of the molecule is COc1ccc(NC(=O)CCN2CCc3ccccc32)cc1Cl. The number of rotatable bonds is 5. The van der Waals surface area contributed by atoms with Gasteiger partial charge in [-0.25, -0.2) is 0 Å². The number of ether oxygens (including phenoxy) is 1. The summed E-state index contributed by atoms with van der Waals surface area (Å²) in [5, 5.41) is 3.36. The zero-order valence-corrected chi connectivity index (χ0v) is 13.8. The third-order valence-corrected chi connectivity index (χ3v) is 4.32. The van der Waals surface area contributed by atoms with Gasteiger partial charge in [0.25, 0.3) is 0 Å². The Hall–Kier alpha value is -2.20. The van der Waals surface area contributed by atoms with Gasteiger partial charge in [-0.2, -0.15) is 0 Å². The molecule has 0 unspecified atom stereocenters. The predicted octanol–water partition coefficient (Wildman–Crippen LogP) is 3.74. The molecule has 0 bridgehead atoms. The van der Waals surface area contributed by atoms with E-state index in [4.69, 9.17) is 16.3 Å². The maximum atomic E-state index is 12.1. The number of para-hydroxylation sites is 1. The summed E-state index contributed by atoms with van der Waals surface area (Å²) >= 11 is 6.07. The van der Waals surface area contributed by atoms with E-state index in [1.807, 2.05) is 6.07 Å². The number of nitrogens with one attached hydrogen (secondary N) is 1. The standard InChI is InChI=1S/C18H19ClN2O2/c1-23-17-7-6-14(12-15(17)19)20-18(22)9-11-21-10-8-13-4-2-3-5-16(13)21/h2-7,12H,8-11H2,1H3,(H,20,22). The Balaban J connectivity index is 1.55. The van der Waals surface area contributed by atoms with Crippen LogP contribution in [-0.4, -0.2) is 26.1 Å². The van der Waals surface area contributed by atoms with Crippen LogP contribution in [0.4, 0.5) is 11.4 Å². The van der Waals surface area contributed by atoms with Crippen molar-refractivity contribution in [3.63, 3.8) is 0 Å². The summed E-state index contributed by atoms with van der Waals surface area (Å²) in [5.74, 6) is 0.578. The Morgan fingerprint density at radius 2 is 2.13 bits per heavy atom. The van der Waals surface area contributed by atoms with Gasteiger partial charge in [0.2, 0.25) is 5.91 Å². The molecule has 2 aromatic rings. The van der Waals surface area contributed by atoms with Crippen molar-refractivity contribution in [3.05, 3.63) is 53.1 Å². The van der Waals surface area contributed by atoms with Crippen molar-refractivity contribution in [2.75, 3.05) is 30.4 Å². The van der Waals surface area contributed by atoms with Crippen LogP contribution < -0.4 is 15.0 Å². The third-order valence-electron chi connectivity index (χ3n) is 4.03. The lowest BCUT2D eigenvalue weighted by Crippen LogP contribution is -2.26. The van der Waals surface area contributed by atoms with E-state index >= 15 is 0 Å². The van der Waals surface area contributed by atoms with Gasteiger partial charge in [0.1, 0.15) is 5.75 Å². The Morgan fingerprint density at radius 1 is 1.30 bits per heavy atom. The van der Waals surface area contributed by atoms with Gasteiger partial charge in [0, 0.05) is 30.9 Å². The quantitative estimate of drug-likeness (QED) is 0.908. The van der Waals surface area contributed by atoms with Gasteiger partial charge < -0.3 is 15.0 Å². The Morgan fingerprint density at radius 3 is 2.91 bits per heavy atom. The average Bonchev–Trinajstić information content (AvgIpc) is 2.96. The number of carbonyl (C=O) groups is 1. The molecule has 23 heavy (non-hydrogen) atoms. The molecule has 3 rings (SSSR count). The van der Waals surface area contributed by atoms with Crippen LogP contribution >= 0.6 is 11.6 Å². The highest BCUT2D eigenvalue weighted by Gasteiger charge is 2.18.